The van der Waals surface area contributed by atoms with E-state index in [0.29, 0.717) is 0 Å². The van der Waals surface area contributed by atoms with Crippen molar-refractivity contribution in [3.05, 3.63) is 174 Å². The predicted octanol–water partition coefficient (Wildman–Crippen LogP) is 11.5. The van der Waals surface area contributed by atoms with Crippen LogP contribution >= 0.6 is 11.3 Å². The number of fused-ring (bicyclic) bond motifs is 9. The van der Waals surface area contributed by atoms with Gasteiger partial charge in [-0.3, -0.25) is 0 Å². The molecule has 51 heavy (non-hydrogen) atoms. The maximum Gasteiger partial charge on any atom is 0.159 e. The fourth-order valence-electron chi connectivity index (χ4n) is 7.64. The van der Waals surface area contributed by atoms with Crippen LogP contribution in [0, 0.1) is 0 Å². The van der Waals surface area contributed by atoms with Crippen molar-refractivity contribution in [3.63, 3.8) is 0 Å². The van der Waals surface area contributed by atoms with Crippen molar-refractivity contribution in [1.82, 2.24) is 9.88 Å². The largest absolute Gasteiger partial charge is 0.456 e. The van der Waals surface area contributed by atoms with E-state index in [1.165, 1.54) is 42.0 Å². The highest BCUT2D eigenvalue weighted by molar-refractivity contribution is 7.25. The molecule has 0 bridgehead atoms. The molecule has 0 saturated heterocycles. The molecule has 11 rings (SSSR count). The van der Waals surface area contributed by atoms with Crippen LogP contribution in [0.25, 0.3) is 69.6 Å². The monoisotopic (exact) mass is 672 g/mol. The van der Waals surface area contributed by atoms with E-state index in [9.17, 15) is 0 Å². The summed E-state index contributed by atoms with van der Waals surface area (Å²) in [5.74, 6) is 1.54. The molecule has 0 saturated carbocycles. The van der Waals surface area contributed by atoms with E-state index in [1.54, 1.807) is 11.3 Å². The van der Waals surface area contributed by atoms with Crippen LogP contribution in [-0.2, 0) is 0 Å². The van der Waals surface area contributed by atoms with Crippen molar-refractivity contribution in [2.45, 2.75) is 6.17 Å². The Morgan fingerprint density at radius 3 is 1.98 bits per heavy atom. The van der Waals surface area contributed by atoms with E-state index < -0.39 is 0 Å². The standard InChI is InChI=1S/C45H28N4OS/c1-3-11-27(12-4-1)43-46-44(28-13-5-2-6-14-28)48-45(47-43)29-19-21-34-36-25-40-35(26-42(36)51-41(34)23-29)33-22-20-30(24-39(33)50-40)49-37-17-9-7-15-31(37)32-16-8-10-18-38(32)49/h1-26,43H,(H,46,47,48). The van der Waals surface area contributed by atoms with Gasteiger partial charge < -0.3 is 14.3 Å². The molecule has 0 fully saturated rings. The topological polar surface area (TPSA) is 54.8 Å². The highest BCUT2D eigenvalue weighted by atomic mass is 32.1. The number of aromatic nitrogens is 1. The normalized spacial score (nSPS) is 14.9. The van der Waals surface area contributed by atoms with Gasteiger partial charge >= 0.3 is 0 Å². The first-order valence-corrected chi connectivity index (χ1v) is 17.9. The number of aliphatic imine (C=N–C) groups is 2. The SMILES string of the molecule is c1ccc(C2=NC(c3ccccc3)NC(c3ccc4c(c3)sc3cc5c(cc34)oc3cc(-n4c6ccccc6c6ccccc64)ccc35)=N2)cc1. The third-order valence-electron chi connectivity index (χ3n) is 10.1. The summed E-state index contributed by atoms with van der Waals surface area (Å²) in [6.45, 7) is 0. The molecule has 3 aromatic heterocycles. The van der Waals surface area contributed by atoms with Gasteiger partial charge in [0.2, 0.25) is 0 Å². The van der Waals surface area contributed by atoms with E-state index in [4.69, 9.17) is 14.4 Å². The molecular formula is C45H28N4OS. The van der Waals surface area contributed by atoms with Gasteiger partial charge in [0, 0.05) is 64.6 Å². The maximum atomic E-state index is 6.62. The Morgan fingerprint density at radius 2 is 1.20 bits per heavy atom. The maximum absolute atomic E-state index is 6.62. The average Bonchev–Trinajstić information content (AvgIpc) is 3.85. The number of rotatable bonds is 4. The highest BCUT2D eigenvalue weighted by Gasteiger charge is 2.22. The first-order chi connectivity index (χ1) is 25.2. The second-order valence-corrected chi connectivity index (χ2v) is 14.1. The molecule has 7 aromatic carbocycles. The number of hydrogen-bond acceptors (Lipinski definition) is 5. The molecule has 0 radical (unpaired) electrons. The lowest BCUT2D eigenvalue weighted by molar-refractivity contribution is 0.669. The molecule has 10 aromatic rings. The average molecular weight is 673 g/mol. The zero-order valence-corrected chi connectivity index (χ0v) is 28.1. The molecule has 0 spiro atoms. The van der Waals surface area contributed by atoms with Crippen LogP contribution in [0.1, 0.15) is 22.9 Å². The molecule has 1 atom stereocenters. The summed E-state index contributed by atoms with van der Waals surface area (Å²) in [6.07, 6.45) is -0.234. The van der Waals surface area contributed by atoms with Gasteiger partial charge in [0.1, 0.15) is 23.2 Å². The minimum absolute atomic E-state index is 0.234. The smallest absolute Gasteiger partial charge is 0.159 e. The molecule has 1 unspecified atom stereocenters. The third-order valence-corrected chi connectivity index (χ3v) is 11.2. The lowest BCUT2D eigenvalue weighted by Crippen LogP contribution is -2.33. The number of amidine groups is 2. The lowest BCUT2D eigenvalue weighted by atomic mass is 10.1. The summed E-state index contributed by atoms with van der Waals surface area (Å²) in [5, 5.41) is 10.8. The van der Waals surface area contributed by atoms with Crippen LogP contribution in [-0.4, -0.2) is 16.2 Å². The van der Waals surface area contributed by atoms with Crippen molar-refractivity contribution < 1.29 is 4.42 Å². The minimum atomic E-state index is -0.234. The van der Waals surface area contributed by atoms with Crippen molar-refractivity contribution >= 4 is 86.9 Å². The van der Waals surface area contributed by atoms with E-state index in [-0.39, 0.29) is 6.17 Å². The van der Waals surface area contributed by atoms with Crippen molar-refractivity contribution in [2.24, 2.45) is 9.98 Å². The van der Waals surface area contributed by atoms with Gasteiger partial charge in [-0.1, -0.05) is 109 Å². The predicted molar refractivity (Wildman–Crippen MR) is 213 cm³/mol. The Hall–Kier alpha value is -6.50. The molecule has 1 aliphatic heterocycles. The summed E-state index contributed by atoms with van der Waals surface area (Å²) in [7, 11) is 0. The molecule has 0 amide bonds. The Balaban J connectivity index is 1.01. The van der Waals surface area contributed by atoms with Gasteiger partial charge in [0.05, 0.1) is 11.0 Å². The highest BCUT2D eigenvalue weighted by Crippen LogP contribution is 2.41. The molecule has 0 aliphatic carbocycles. The van der Waals surface area contributed by atoms with E-state index in [0.717, 1.165) is 56.0 Å². The third kappa shape index (κ3) is 4.47. The number of hydrogen-bond donors (Lipinski definition) is 1. The van der Waals surface area contributed by atoms with Crippen molar-refractivity contribution in [2.75, 3.05) is 0 Å². The lowest BCUT2D eigenvalue weighted by Gasteiger charge is -2.23. The van der Waals surface area contributed by atoms with Crippen LogP contribution in [0.5, 0.6) is 0 Å². The fourth-order valence-corrected chi connectivity index (χ4v) is 8.81. The Bertz CT molecular complexity index is 3010. The summed E-state index contributed by atoms with van der Waals surface area (Å²) in [5.41, 5.74) is 8.38. The zero-order valence-electron chi connectivity index (χ0n) is 27.2. The van der Waals surface area contributed by atoms with Gasteiger partial charge in [-0.25, -0.2) is 9.98 Å². The summed E-state index contributed by atoms with van der Waals surface area (Å²) < 4.78 is 11.4. The van der Waals surface area contributed by atoms with Crippen molar-refractivity contribution in [1.29, 1.82) is 0 Å². The fraction of sp³-hybridized carbons (Fsp3) is 0.0222. The second kappa shape index (κ2) is 11.0. The van der Waals surface area contributed by atoms with Crippen LogP contribution < -0.4 is 5.32 Å². The number of nitrogens with one attached hydrogen (secondary N) is 1. The van der Waals surface area contributed by atoms with E-state index in [1.807, 2.05) is 36.4 Å². The summed E-state index contributed by atoms with van der Waals surface area (Å²) in [4.78, 5) is 10.0. The van der Waals surface area contributed by atoms with Gasteiger partial charge in [0.15, 0.2) is 5.84 Å². The molecule has 1 aliphatic rings. The Morgan fingerprint density at radius 1 is 0.529 bits per heavy atom. The first-order valence-electron chi connectivity index (χ1n) is 17.1. The van der Waals surface area contributed by atoms with Crippen LogP contribution in [0.2, 0.25) is 0 Å². The molecule has 240 valence electrons. The van der Waals surface area contributed by atoms with Gasteiger partial charge in [-0.05, 0) is 48.0 Å². The number of benzene rings is 7. The van der Waals surface area contributed by atoms with E-state index in [2.05, 4.69) is 131 Å². The number of thiophene rings is 1. The van der Waals surface area contributed by atoms with Crippen molar-refractivity contribution in [3.8, 4) is 5.69 Å². The quantitative estimate of drug-likeness (QED) is 0.202. The van der Waals surface area contributed by atoms with Crippen LogP contribution in [0.15, 0.2) is 172 Å². The molecule has 5 nitrogen and oxygen atoms in total. The molecule has 4 heterocycles. The Kier molecular flexibility index (Phi) is 6.12. The Labute approximate surface area is 296 Å². The zero-order chi connectivity index (χ0) is 33.5. The molecule has 1 N–H and O–H groups in total. The molecule has 6 heteroatoms. The summed E-state index contributed by atoms with van der Waals surface area (Å²) in [6, 6.07) is 55.5. The number of furan rings is 1. The second-order valence-electron chi connectivity index (χ2n) is 13.0. The summed E-state index contributed by atoms with van der Waals surface area (Å²) >= 11 is 1.81. The van der Waals surface area contributed by atoms with Crippen LogP contribution in [0.3, 0.4) is 0 Å². The number of para-hydroxylation sites is 2. The van der Waals surface area contributed by atoms with Gasteiger partial charge in [-0.2, -0.15) is 0 Å². The van der Waals surface area contributed by atoms with E-state index >= 15 is 0 Å². The van der Waals surface area contributed by atoms with Gasteiger partial charge in [-0.15, -0.1) is 11.3 Å². The molecular weight excluding hydrogens is 645 g/mol. The number of nitrogens with zero attached hydrogens (tertiary/aromatic N) is 3. The van der Waals surface area contributed by atoms with Crippen LogP contribution in [0.4, 0.5) is 0 Å². The van der Waals surface area contributed by atoms with Gasteiger partial charge in [0.25, 0.3) is 0 Å². The first kappa shape index (κ1) is 28.3. The minimum Gasteiger partial charge on any atom is -0.456 e.